The Balaban J connectivity index is 1.92. The van der Waals surface area contributed by atoms with Gasteiger partial charge in [-0.2, -0.15) is 5.10 Å². The summed E-state index contributed by atoms with van der Waals surface area (Å²) in [4.78, 5) is 0. The van der Waals surface area contributed by atoms with Crippen LogP contribution in [0.4, 0.5) is 0 Å². The van der Waals surface area contributed by atoms with Gasteiger partial charge in [0.05, 0.1) is 12.2 Å². The van der Waals surface area contributed by atoms with Gasteiger partial charge in [-0.25, -0.2) is 0 Å². The lowest BCUT2D eigenvalue weighted by Crippen LogP contribution is -2.21. The third-order valence-electron chi connectivity index (χ3n) is 3.65. The number of nitrogens with one attached hydrogen (secondary N) is 1. The second kappa shape index (κ2) is 5.67. The van der Waals surface area contributed by atoms with Crippen LogP contribution in [0, 0.1) is 5.92 Å². The lowest BCUT2D eigenvalue weighted by molar-refractivity contribution is 0.266. The monoisotopic (exact) mass is 235 g/mol. The first-order chi connectivity index (χ1) is 8.15. The van der Waals surface area contributed by atoms with Crippen LogP contribution in [0.5, 0.6) is 0 Å². The molecule has 0 aliphatic heterocycles. The van der Waals surface area contributed by atoms with Crippen LogP contribution in [-0.4, -0.2) is 15.8 Å². The lowest BCUT2D eigenvalue weighted by Gasteiger charge is -2.26. The zero-order valence-corrected chi connectivity index (χ0v) is 11.3. The van der Waals surface area contributed by atoms with Crippen LogP contribution in [0.1, 0.15) is 58.1 Å². The van der Waals surface area contributed by atoms with Gasteiger partial charge in [0.25, 0.3) is 0 Å². The molecule has 0 spiro atoms. The Morgan fingerprint density at radius 3 is 3.00 bits per heavy atom. The first-order valence-corrected chi connectivity index (χ1v) is 6.91. The van der Waals surface area contributed by atoms with E-state index in [2.05, 4.69) is 42.1 Å². The van der Waals surface area contributed by atoms with Crippen molar-refractivity contribution in [3.05, 3.63) is 18.0 Å². The van der Waals surface area contributed by atoms with Crippen LogP contribution in [0.15, 0.2) is 12.4 Å². The van der Waals surface area contributed by atoms with Crippen molar-refractivity contribution in [1.29, 1.82) is 0 Å². The first kappa shape index (κ1) is 12.6. The van der Waals surface area contributed by atoms with Gasteiger partial charge in [-0.05, 0) is 18.8 Å². The van der Waals surface area contributed by atoms with Crippen molar-refractivity contribution in [3.63, 3.8) is 0 Å². The summed E-state index contributed by atoms with van der Waals surface area (Å²) in [5.74, 6) is 0.857. The summed E-state index contributed by atoms with van der Waals surface area (Å²) < 4.78 is 2.19. The fourth-order valence-corrected chi connectivity index (χ4v) is 2.63. The highest BCUT2D eigenvalue weighted by atomic mass is 15.3. The molecule has 2 rings (SSSR count). The van der Waals surface area contributed by atoms with Gasteiger partial charge in [0.1, 0.15) is 0 Å². The van der Waals surface area contributed by atoms with E-state index in [0.29, 0.717) is 12.1 Å². The van der Waals surface area contributed by atoms with Crippen molar-refractivity contribution in [3.8, 4) is 0 Å². The zero-order chi connectivity index (χ0) is 12.3. The Morgan fingerprint density at radius 2 is 2.29 bits per heavy atom. The Hall–Kier alpha value is -0.830. The van der Waals surface area contributed by atoms with E-state index in [1.165, 1.54) is 31.2 Å². The molecule has 1 aliphatic rings. The first-order valence-electron chi connectivity index (χ1n) is 6.91. The fourth-order valence-electron chi connectivity index (χ4n) is 2.63. The Bertz CT molecular complexity index is 343. The van der Waals surface area contributed by atoms with Gasteiger partial charge >= 0.3 is 0 Å². The summed E-state index contributed by atoms with van der Waals surface area (Å²) in [6, 6.07) is 1.17. The molecule has 1 fully saturated rings. The van der Waals surface area contributed by atoms with Crippen LogP contribution in [0.25, 0.3) is 0 Å². The summed E-state index contributed by atoms with van der Waals surface area (Å²) >= 11 is 0. The van der Waals surface area contributed by atoms with Crippen molar-refractivity contribution in [1.82, 2.24) is 15.1 Å². The van der Waals surface area contributed by atoms with Gasteiger partial charge in [-0.3, -0.25) is 4.68 Å². The molecule has 1 N–H and O–H groups in total. The molecule has 2 atom stereocenters. The predicted octanol–water partition coefficient (Wildman–Crippen LogP) is 3.13. The molecule has 96 valence electrons. The molecule has 17 heavy (non-hydrogen) atoms. The maximum atomic E-state index is 4.53. The van der Waals surface area contributed by atoms with Crippen molar-refractivity contribution in [2.45, 2.75) is 65.1 Å². The average molecular weight is 235 g/mol. The predicted molar refractivity (Wildman–Crippen MR) is 70.9 cm³/mol. The molecule has 3 heteroatoms. The maximum absolute atomic E-state index is 4.53. The highest BCUT2D eigenvalue weighted by Crippen LogP contribution is 2.31. The molecule has 1 saturated carbocycles. The minimum absolute atomic E-state index is 0.535. The molecule has 0 radical (unpaired) electrons. The molecule has 0 amide bonds. The van der Waals surface area contributed by atoms with Crippen LogP contribution in [-0.2, 0) is 6.54 Å². The van der Waals surface area contributed by atoms with E-state index in [9.17, 15) is 0 Å². The van der Waals surface area contributed by atoms with Gasteiger partial charge in [0.15, 0.2) is 0 Å². The summed E-state index contributed by atoms with van der Waals surface area (Å²) in [5.41, 5.74) is 1.30. The van der Waals surface area contributed by atoms with Gasteiger partial charge in [0, 0.05) is 24.3 Å². The van der Waals surface area contributed by atoms with Gasteiger partial charge in [-0.1, -0.05) is 33.6 Å². The molecular formula is C14H25N3. The smallest absolute Gasteiger partial charge is 0.0534 e. The average Bonchev–Trinajstić information content (AvgIpc) is 2.75. The van der Waals surface area contributed by atoms with Crippen LogP contribution < -0.4 is 5.32 Å². The van der Waals surface area contributed by atoms with Gasteiger partial charge in [0.2, 0.25) is 0 Å². The summed E-state index contributed by atoms with van der Waals surface area (Å²) in [7, 11) is 0. The van der Waals surface area contributed by atoms with E-state index in [4.69, 9.17) is 0 Å². The second-order valence-electron chi connectivity index (χ2n) is 5.79. The van der Waals surface area contributed by atoms with Crippen LogP contribution in [0.3, 0.4) is 0 Å². The third-order valence-corrected chi connectivity index (χ3v) is 3.65. The number of rotatable bonds is 4. The van der Waals surface area contributed by atoms with Crippen LogP contribution >= 0.6 is 0 Å². The van der Waals surface area contributed by atoms with Crippen molar-refractivity contribution in [2.24, 2.45) is 5.92 Å². The highest BCUT2D eigenvalue weighted by molar-refractivity contribution is 5.04. The largest absolute Gasteiger partial charge is 0.310 e. The molecule has 3 nitrogen and oxygen atoms in total. The number of aromatic nitrogens is 2. The SMILES string of the molecule is CC1CCCC(n2cc(CNC(C)C)cn2)C1. The molecule has 0 aromatic carbocycles. The van der Waals surface area contributed by atoms with E-state index in [-0.39, 0.29) is 0 Å². The van der Waals surface area contributed by atoms with Crippen LogP contribution in [0.2, 0.25) is 0 Å². The summed E-state index contributed by atoms with van der Waals surface area (Å²) in [6.07, 6.45) is 9.55. The number of nitrogens with zero attached hydrogens (tertiary/aromatic N) is 2. The van der Waals surface area contributed by atoms with E-state index < -0.39 is 0 Å². The summed E-state index contributed by atoms with van der Waals surface area (Å²) in [5, 5.41) is 7.96. The van der Waals surface area contributed by atoms with Crippen molar-refractivity contribution in [2.75, 3.05) is 0 Å². The molecular weight excluding hydrogens is 210 g/mol. The van der Waals surface area contributed by atoms with Crippen molar-refractivity contribution >= 4 is 0 Å². The van der Waals surface area contributed by atoms with E-state index in [1.54, 1.807) is 0 Å². The number of hydrogen-bond donors (Lipinski definition) is 1. The Kier molecular flexibility index (Phi) is 4.21. The minimum atomic E-state index is 0.535. The second-order valence-corrected chi connectivity index (χ2v) is 5.79. The fraction of sp³-hybridized carbons (Fsp3) is 0.786. The van der Waals surface area contributed by atoms with E-state index in [1.807, 2.05) is 6.20 Å². The molecule has 1 heterocycles. The molecule has 1 aromatic rings. The van der Waals surface area contributed by atoms with E-state index in [0.717, 1.165) is 12.5 Å². The summed E-state index contributed by atoms with van der Waals surface area (Å²) in [6.45, 7) is 7.64. The van der Waals surface area contributed by atoms with E-state index >= 15 is 0 Å². The minimum Gasteiger partial charge on any atom is -0.310 e. The third kappa shape index (κ3) is 3.56. The quantitative estimate of drug-likeness (QED) is 0.869. The lowest BCUT2D eigenvalue weighted by atomic mass is 9.87. The zero-order valence-electron chi connectivity index (χ0n) is 11.3. The normalized spacial score (nSPS) is 25.4. The maximum Gasteiger partial charge on any atom is 0.0534 e. The molecule has 2 unspecified atom stereocenters. The Labute approximate surface area is 105 Å². The standard InChI is InChI=1S/C14H25N3/c1-11(2)15-8-13-9-16-17(10-13)14-6-4-5-12(3)7-14/h9-12,14-15H,4-8H2,1-3H3. The van der Waals surface area contributed by atoms with Crippen molar-refractivity contribution < 1.29 is 0 Å². The molecule has 0 saturated heterocycles. The molecule has 0 bridgehead atoms. The number of hydrogen-bond acceptors (Lipinski definition) is 2. The highest BCUT2D eigenvalue weighted by Gasteiger charge is 2.20. The topological polar surface area (TPSA) is 29.9 Å². The van der Waals surface area contributed by atoms with Gasteiger partial charge < -0.3 is 5.32 Å². The molecule has 1 aromatic heterocycles. The Morgan fingerprint density at radius 1 is 1.47 bits per heavy atom. The molecule has 1 aliphatic carbocycles. The van der Waals surface area contributed by atoms with Gasteiger partial charge in [-0.15, -0.1) is 0 Å².